The Morgan fingerprint density at radius 2 is 2.22 bits per heavy atom. The van der Waals surface area contributed by atoms with E-state index in [0.29, 0.717) is 18.6 Å². The summed E-state index contributed by atoms with van der Waals surface area (Å²) in [5, 5.41) is 13.6. The maximum Gasteiger partial charge on any atom is 0.0459 e. The highest BCUT2D eigenvalue weighted by molar-refractivity contribution is 9.10. The second kappa shape index (κ2) is 6.90. The fourth-order valence-corrected chi connectivity index (χ4v) is 3.17. The van der Waals surface area contributed by atoms with Gasteiger partial charge in [0.05, 0.1) is 0 Å². The molecule has 0 bridgehead atoms. The van der Waals surface area contributed by atoms with Crippen molar-refractivity contribution in [3.63, 3.8) is 0 Å². The first-order valence-corrected chi connectivity index (χ1v) is 7.64. The van der Waals surface area contributed by atoms with Gasteiger partial charge in [-0.25, -0.2) is 0 Å². The largest absolute Gasteiger partial charge is 0.396 e. The van der Waals surface area contributed by atoms with E-state index in [0.717, 1.165) is 34.4 Å². The Hall–Kier alpha value is -0.0900. The van der Waals surface area contributed by atoms with E-state index in [9.17, 15) is 5.11 Å². The van der Waals surface area contributed by atoms with Crippen LogP contribution in [0.4, 0.5) is 0 Å². The van der Waals surface area contributed by atoms with Crippen LogP contribution in [0.25, 0.3) is 0 Å². The Morgan fingerprint density at radius 3 is 3.00 bits per heavy atom. The Bertz CT molecular complexity index is 399. The van der Waals surface area contributed by atoms with Crippen LogP contribution in [0.3, 0.4) is 0 Å². The molecule has 1 aromatic carbocycles. The van der Waals surface area contributed by atoms with Crippen LogP contribution in [0.1, 0.15) is 31.2 Å². The Labute approximate surface area is 122 Å². The molecule has 1 aliphatic rings. The molecule has 4 heteroatoms. The first-order chi connectivity index (χ1) is 8.69. The van der Waals surface area contributed by atoms with E-state index in [1.165, 1.54) is 12.8 Å². The van der Waals surface area contributed by atoms with Gasteiger partial charge < -0.3 is 10.4 Å². The van der Waals surface area contributed by atoms with E-state index in [4.69, 9.17) is 11.6 Å². The zero-order valence-corrected chi connectivity index (χ0v) is 12.7. The van der Waals surface area contributed by atoms with Gasteiger partial charge in [-0.2, -0.15) is 0 Å². The maximum atomic E-state index is 9.22. The van der Waals surface area contributed by atoms with Crippen molar-refractivity contribution >= 4 is 27.5 Å². The number of nitrogens with one attached hydrogen (secondary N) is 1. The highest BCUT2D eigenvalue weighted by atomic mass is 79.9. The van der Waals surface area contributed by atoms with Crippen molar-refractivity contribution < 1.29 is 5.11 Å². The molecule has 2 nitrogen and oxygen atoms in total. The second-order valence-electron chi connectivity index (χ2n) is 5.03. The van der Waals surface area contributed by atoms with Gasteiger partial charge in [0.25, 0.3) is 0 Å². The summed E-state index contributed by atoms with van der Waals surface area (Å²) >= 11 is 9.63. The molecular weight excluding hydrogens is 314 g/mol. The topological polar surface area (TPSA) is 32.3 Å². The van der Waals surface area contributed by atoms with Crippen LogP contribution in [0, 0.1) is 5.92 Å². The molecule has 1 fully saturated rings. The van der Waals surface area contributed by atoms with Crippen LogP contribution in [0.15, 0.2) is 22.7 Å². The van der Waals surface area contributed by atoms with Gasteiger partial charge in [0.1, 0.15) is 0 Å². The molecule has 1 aromatic rings. The lowest BCUT2D eigenvalue weighted by Crippen LogP contribution is -2.34. The highest BCUT2D eigenvalue weighted by Crippen LogP contribution is 2.25. The van der Waals surface area contributed by atoms with Gasteiger partial charge in [-0.15, -0.1) is 0 Å². The lowest BCUT2D eigenvalue weighted by atomic mass is 9.86. The Balaban J connectivity index is 1.89. The molecule has 1 saturated carbocycles. The minimum atomic E-state index is 0.315. The van der Waals surface area contributed by atoms with Crippen LogP contribution >= 0.6 is 27.5 Å². The molecule has 0 radical (unpaired) electrons. The standard InChI is InChI=1S/C14H19BrClNO/c15-12-4-5-14(16)11(7-12)8-17-13-3-1-2-10(6-13)9-18/h4-5,7,10,13,17-18H,1-3,6,8-9H2. The third-order valence-corrected chi connectivity index (χ3v) is 4.49. The number of hydrogen-bond acceptors (Lipinski definition) is 2. The van der Waals surface area contributed by atoms with Crippen molar-refractivity contribution in [2.24, 2.45) is 5.92 Å². The van der Waals surface area contributed by atoms with Gasteiger partial charge in [-0.05, 0) is 48.9 Å². The van der Waals surface area contributed by atoms with Crippen LogP contribution in [-0.4, -0.2) is 17.8 Å². The van der Waals surface area contributed by atoms with Crippen LogP contribution in [0.2, 0.25) is 5.02 Å². The Morgan fingerprint density at radius 1 is 1.39 bits per heavy atom. The summed E-state index contributed by atoms with van der Waals surface area (Å²) in [6.07, 6.45) is 4.63. The first-order valence-electron chi connectivity index (χ1n) is 6.47. The summed E-state index contributed by atoms with van der Waals surface area (Å²) in [6, 6.07) is 6.43. The fraction of sp³-hybridized carbons (Fsp3) is 0.571. The quantitative estimate of drug-likeness (QED) is 0.880. The van der Waals surface area contributed by atoms with E-state index in [1.807, 2.05) is 12.1 Å². The summed E-state index contributed by atoms with van der Waals surface area (Å²) in [4.78, 5) is 0. The zero-order chi connectivity index (χ0) is 13.0. The van der Waals surface area contributed by atoms with Crippen LogP contribution in [0.5, 0.6) is 0 Å². The number of halogens is 2. The number of benzene rings is 1. The summed E-state index contributed by atoms with van der Waals surface area (Å²) < 4.78 is 1.06. The van der Waals surface area contributed by atoms with Gasteiger partial charge in [-0.3, -0.25) is 0 Å². The molecule has 1 aliphatic carbocycles. The predicted octanol–water partition coefficient (Wildman–Crippen LogP) is 3.74. The lowest BCUT2D eigenvalue weighted by molar-refractivity contribution is 0.170. The molecule has 0 saturated heterocycles. The summed E-state index contributed by atoms with van der Waals surface area (Å²) in [5.41, 5.74) is 1.12. The molecule has 2 N–H and O–H groups in total. The number of rotatable bonds is 4. The normalized spacial score (nSPS) is 24.2. The third kappa shape index (κ3) is 3.95. The Kier molecular flexibility index (Phi) is 5.49. The number of aliphatic hydroxyl groups excluding tert-OH is 1. The molecule has 100 valence electrons. The third-order valence-electron chi connectivity index (χ3n) is 3.63. The molecule has 0 aromatic heterocycles. The molecule has 2 unspecified atom stereocenters. The molecule has 0 spiro atoms. The maximum absolute atomic E-state index is 9.22. The minimum absolute atomic E-state index is 0.315. The summed E-state index contributed by atoms with van der Waals surface area (Å²) in [6.45, 7) is 1.11. The van der Waals surface area contributed by atoms with Gasteiger partial charge >= 0.3 is 0 Å². The molecule has 18 heavy (non-hydrogen) atoms. The lowest BCUT2D eigenvalue weighted by Gasteiger charge is -2.28. The fourth-order valence-electron chi connectivity index (χ4n) is 2.58. The van der Waals surface area contributed by atoms with Gasteiger partial charge in [0, 0.05) is 28.7 Å². The molecule has 0 amide bonds. The predicted molar refractivity (Wildman–Crippen MR) is 78.8 cm³/mol. The SMILES string of the molecule is OCC1CCCC(NCc2cc(Br)ccc2Cl)C1. The van der Waals surface area contributed by atoms with E-state index in [-0.39, 0.29) is 0 Å². The molecule has 0 heterocycles. The minimum Gasteiger partial charge on any atom is -0.396 e. The van der Waals surface area contributed by atoms with Crippen molar-refractivity contribution in [1.29, 1.82) is 0 Å². The summed E-state index contributed by atoms with van der Waals surface area (Å²) in [7, 11) is 0. The van der Waals surface area contributed by atoms with Gasteiger partial charge in [-0.1, -0.05) is 34.0 Å². The van der Waals surface area contributed by atoms with Crippen molar-refractivity contribution in [1.82, 2.24) is 5.32 Å². The van der Waals surface area contributed by atoms with Crippen molar-refractivity contribution in [3.8, 4) is 0 Å². The van der Waals surface area contributed by atoms with Gasteiger partial charge in [0.15, 0.2) is 0 Å². The number of hydrogen-bond donors (Lipinski definition) is 2. The van der Waals surface area contributed by atoms with E-state index in [2.05, 4.69) is 27.3 Å². The number of aliphatic hydroxyl groups is 1. The van der Waals surface area contributed by atoms with E-state index >= 15 is 0 Å². The zero-order valence-electron chi connectivity index (χ0n) is 10.3. The first kappa shape index (κ1) is 14.3. The summed E-state index contributed by atoms with van der Waals surface area (Å²) in [5.74, 6) is 0.467. The monoisotopic (exact) mass is 331 g/mol. The average molecular weight is 333 g/mol. The van der Waals surface area contributed by atoms with Gasteiger partial charge in [0.2, 0.25) is 0 Å². The van der Waals surface area contributed by atoms with Crippen LogP contribution < -0.4 is 5.32 Å². The van der Waals surface area contributed by atoms with Crippen molar-refractivity contribution in [2.75, 3.05) is 6.61 Å². The molecule has 2 rings (SSSR count). The smallest absolute Gasteiger partial charge is 0.0459 e. The van der Waals surface area contributed by atoms with E-state index in [1.54, 1.807) is 0 Å². The molecular formula is C14H19BrClNO. The molecule has 2 atom stereocenters. The molecule has 0 aliphatic heterocycles. The van der Waals surface area contributed by atoms with E-state index < -0.39 is 0 Å². The van der Waals surface area contributed by atoms with Crippen LogP contribution in [-0.2, 0) is 6.54 Å². The average Bonchev–Trinajstić information content (AvgIpc) is 2.40. The van der Waals surface area contributed by atoms with Crippen molar-refractivity contribution in [3.05, 3.63) is 33.3 Å². The van der Waals surface area contributed by atoms with Crippen molar-refractivity contribution in [2.45, 2.75) is 38.3 Å². The second-order valence-corrected chi connectivity index (χ2v) is 6.35. The highest BCUT2D eigenvalue weighted by Gasteiger charge is 2.20.